The third kappa shape index (κ3) is 3.96. The summed E-state index contributed by atoms with van der Waals surface area (Å²) in [6.07, 6.45) is -3.41. The highest BCUT2D eigenvalue weighted by Gasteiger charge is 2.36. The molecule has 1 atom stereocenters. The van der Waals surface area contributed by atoms with E-state index < -0.39 is 11.7 Å². The minimum atomic E-state index is -4.36. The van der Waals surface area contributed by atoms with Crippen LogP contribution in [0.15, 0.2) is 18.2 Å². The highest BCUT2D eigenvalue weighted by molar-refractivity contribution is 5.77. The first kappa shape index (κ1) is 18.2. The summed E-state index contributed by atoms with van der Waals surface area (Å²) in [5, 5.41) is 6.53. The van der Waals surface area contributed by atoms with Gasteiger partial charge in [-0.1, -0.05) is 6.07 Å². The number of hydrogen-bond donors (Lipinski definition) is 2. The lowest BCUT2D eigenvalue weighted by Gasteiger charge is -2.28. The van der Waals surface area contributed by atoms with Crippen LogP contribution >= 0.6 is 0 Å². The van der Waals surface area contributed by atoms with Crippen LogP contribution in [0.2, 0.25) is 0 Å². The Bertz CT molecular complexity index is 643. The number of carbonyl (C=O) groups excluding carboxylic acids is 1. The van der Waals surface area contributed by atoms with Crippen LogP contribution in [-0.4, -0.2) is 43.3 Å². The van der Waals surface area contributed by atoms with Gasteiger partial charge in [0.25, 0.3) is 0 Å². The van der Waals surface area contributed by atoms with Gasteiger partial charge in [-0.2, -0.15) is 13.2 Å². The summed E-state index contributed by atoms with van der Waals surface area (Å²) in [6.45, 7) is 2.51. The number of benzene rings is 1. The van der Waals surface area contributed by atoms with Gasteiger partial charge in [-0.15, -0.1) is 0 Å². The summed E-state index contributed by atoms with van der Waals surface area (Å²) in [5.41, 5.74) is 0.436. The smallest absolute Gasteiger partial charge is 0.383 e. The van der Waals surface area contributed by atoms with E-state index in [4.69, 9.17) is 4.74 Å². The van der Waals surface area contributed by atoms with E-state index in [1.807, 2.05) is 0 Å². The summed E-state index contributed by atoms with van der Waals surface area (Å²) in [5.74, 6) is -0.0473. The van der Waals surface area contributed by atoms with Crippen LogP contribution in [-0.2, 0) is 28.8 Å². The van der Waals surface area contributed by atoms with E-state index in [9.17, 15) is 18.0 Å². The lowest BCUT2D eigenvalue weighted by Crippen LogP contribution is -2.47. The fourth-order valence-electron chi connectivity index (χ4n) is 3.49. The molecule has 2 heterocycles. The molecule has 5 nitrogen and oxygen atoms in total. The first-order chi connectivity index (χ1) is 11.8. The van der Waals surface area contributed by atoms with E-state index in [0.29, 0.717) is 38.2 Å². The zero-order valence-electron chi connectivity index (χ0n) is 14.1. The van der Waals surface area contributed by atoms with Crippen molar-refractivity contribution in [1.29, 1.82) is 0 Å². The molecule has 8 heteroatoms. The number of amides is 1. The van der Waals surface area contributed by atoms with Gasteiger partial charge in [0.15, 0.2) is 0 Å². The third-order valence-electron chi connectivity index (χ3n) is 4.90. The van der Waals surface area contributed by atoms with Gasteiger partial charge in [-0.25, -0.2) is 0 Å². The van der Waals surface area contributed by atoms with Crippen LogP contribution in [0.5, 0.6) is 0 Å². The molecule has 0 radical (unpaired) electrons. The van der Waals surface area contributed by atoms with Crippen molar-refractivity contribution in [2.45, 2.75) is 37.6 Å². The van der Waals surface area contributed by atoms with Crippen LogP contribution in [0.3, 0.4) is 0 Å². The molecule has 2 aliphatic heterocycles. The van der Waals surface area contributed by atoms with Gasteiger partial charge in [0.1, 0.15) is 0 Å². The second kappa shape index (κ2) is 6.93. The molecule has 1 aromatic carbocycles. The summed E-state index contributed by atoms with van der Waals surface area (Å²) in [6, 6.07) is 3.70. The SMILES string of the molecule is COCC1(CCC(=O)N2Cc3ccc(C(F)(F)F)cc3C2)CNCN1. The van der Waals surface area contributed by atoms with E-state index in [1.165, 1.54) is 6.07 Å². The van der Waals surface area contributed by atoms with Crippen LogP contribution in [0, 0.1) is 0 Å². The molecule has 0 aliphatic carbocycles. The van der Waals surface area contributed by atoms with E-state index in [0.717, 1.165) is 24.2 Å². The average Bonchev–Trinajstić information content (AvgIpc) is 3.18. The third-order valence-corrected chi connectivity index (χ3v) is 4.90. The lowest BCUT2D eigenvalue weighted by molar-refractivity contribution is -0.137. The topological polar surface area (TPSA) is 53.6 Å². The molecule has 0 bridgehead atoms. The average molecular weight is 357 g/mol. The standard InChI is InChI=1S/C17H22F3N3O2/c1-25-10-16(9-21-11-22-16)5-4-15(24)23-7-12-2-3-14(17(18,19)20)6-13(12)8-23/h2-3,6,21-22H,4-5,7-11H2,1H3. The molecule has 0 spiro atoms. The molecule has 1 aromatic rings. The molecule has 2 N–H and O–H groups in total. The predicted molar refractivity (Wildman–Crippen MR) is 85.5 cm³/mol. The Morgan fingerprint density at radius 1 is 1.32 bits per heavy atom. The largest absolute Gasteiger partial charge is 0.416 e. The van der Waals surface area contributed by atoms with Gasteiger partial charge in [0.05, 0.1) is 17.7 Å². The number of nitrogens with zero attached hydrogens (tertiary/aromatic N) is 1. The molecule has 1 fully saturated rings. The van der Waals surface area contributed by atoms with Crippen molar-refractivity contribution in [3.05, 3.63) is 34.9 Å². The van der Waals surface area contributed by atoms with Crippen molar-refractivity contribution in [2.75, 3.05) is 26.9 Å². The first-order valence-electron chi connectivity index (χ1n) is 8.24. The summed E-state index contributed by atoms with van der Waals surface area (Å²) in [7, 11) is 1.62. The second-order valence-electron chi connectivity index (χ2n) is 6.72. The molecule has 0 aromatic heterocycles. The van der Waals surface area contributed by atoms with Crippen molar-refractivity contribution in [3.8, 4) is 0 Å². The number of halogens is 3. The summed E-state index contributed by atoms with van der Waals surface area (Å²) < 4.78 is 43.7. The number of nitrogens with one attached hydrogen (secondary N) is 2. The van der Waals surface area contributed by atoms with Crippen molar-refractivity contribution in [2.24, 2.45) is 0 Å². The monoisotopic (exact) mass is 357 g/mol. The quantitative estimate of drug-likeness (QED) is 0.845. The molecule has 3 rings (SSSR count). The maximum absolute atomic E-state index is 12.8. The normalized spacial score (nSPS) is 23.1. The minimum absolute atomic E-state index is 0.0473. The first-order valence-corrected chi connectivity index (χ1v) is 8.24. The maximum Gasteiger partial charge on any atom is 0.416 e. The molecule has 0 saturated carbocycles. The van der Waals surface area contributed by atoms with Crippen molar-refractivity contribution in [1.82, 2.24) is 15.5 Å². The molecule has 138 valence electrons. The minimum Gasteiger partial charge on any atom is -0.383 e. The highest BCUT2D eigenvalue weighted by Crippen LogP contribution is 2.33. The van der Waals surface area contributed by atoms with E-state index in [1.54, 1.807) is 12.0 Å². The van der Waals surface area contributed by atoms with Gasteiger partial charge in [0.2, 0.25) is 5.91 Å². The van der Waals surface area contributed by atoms with Crippen LogP contribution in [0.4, 0.5) is 13.2 Å². The molecular formula is C17H22F3N3O2. The van der Waals surface area contributed by atoms with Crippen LogP contribution in [0.1, 0.15) is 29.5 Å². The summed E-state index contributed by atoms with van der Waals surface area (Å²) in [4.78, 5) is 14.1. The van der Waals surface area contributed by atoms with E-state index in [-0.39, 0.29) is 18.0 Å². The van der Waals surface area contributed by atoms with Crippen molar-refractivity contribution in [3.63, 3.8) is 0 Å². The lowest BCUT2D eigenvalue weighted by atomic mass is 9.95. The zero-order valence-corrected chi connectivity index (χ0v) is 14.1. The Morgan fingerprint density at radius 3 is 2.72 bits per heavy atom. The number of alkyl halides is 3. The highest BCUT2D eigenvalue weighted by atomic mass is 19.4. The van der Waals surface area contributed by atoms with Crippen molar-refractivity contribution < 1.29 is 22.7 Å². The van der Waals surface area contributed by atoms with Gasteiger partial charge < -0.3 is 15.0 Å². The second-order valence-corrected chi connectivity index (χ2v) is 6.72. The summed E-state index contributed by atoms with van der Waals surface area (Å²) >= 11 is 0. The molecule has 2 aliphatic rings. The number of carbonyl (C=O) groups is 1. The fourth-order valence-corrected chi connectivity index (χ4v) is 3.49. The number of rotatable bonds is 5. The molecular weight excluding hydrogens is 335 g/mol. The zero-order chi connectivity index (χ0) is 18.1. The Labute approximate surface area is 144 Å². The molecule has 1 saturated heterocycles. The number of hydrogen-bond acceptors (Lipinski definition) is 4. The predicted octanol–water partition coefficient (Wildman–Crippen LogP) is 1.86. The van der Waals surface area contributed by atoms with Crippen LogP contribution in [0.25, 0.3) is 0 Å². The van der Waals surface area contributed by atoms with Gasteiger partial charge >= 0.3 is 6.18 Å². The molecule has 25 heavy (non-hydrogen) atoms. The van der Waals surface area contributed by atoms with Gasteiger partial charge in [0, 0.05) is 39.8 Å². The van der Waals surface area contributed by atoms with Gasteiger partial charge in [-0.05, 0) is 29.7 Å². The van der Waals surface area contributed by atoms with Gasteiger partial charge in [-0.3, -0.25) is 10.1 Å². The van der Waals surface area contributed by atoms with Crippen LogP contribution < -0.4 is 10.6 Å². The Balaban J connectivity index is 1.61. The fraction of sp³-hybridized carbons (Fsp3) is 0.588. The Hall–Kier alpha value is -1.64. The number of methoxy groups -OCH3 is 1. The number of fused-ring (bicyclic) bond motifs is 1. The van der Waals surface area contributed by atoms with E-state index >= 15 is 0 Å². The Morgan fingerprint density at radius 2 is 2.08 bits per heavy atom. The molecule has 1 unspecified atom stereocenters. The van der Waals surface area contributed by atoms with E-state index in [2.05, 4.69) is 10.6 Å². The van der Waals surface area contributed by atoms with Crippen molar-refractivity contribution >= 4 is 5.91 Å². The Kier molecular flexibility index (Phi) is 5.04. The maximum atomic E-state index is 12.8. The number of ether oxygens (including phenoxy) is 1. The molecule has 1 amide bonds.